The third-order valence-electron chi connectivity index (χ3n) is 2.87. The Morgan fingerprint density at radius 1 is 1.54 bits per heavy atom. The van der Waals surface area contributed by atoms with Gasteiger partial charge in [0.15, 0.2) is 0 Å². The average Bonchev–Trinajstić information content (AvgIpc) is 2.48. The Morgan fingerprint density at radius 3 is 3.00 bits per heavy atom. The van der Waals surface area contributed by atoms with Crippen LogP contribution in [0.4, 0.5) is 0 Å². The van der Waals surface area contributed by atoms with Crippen molar-refractivity contribution in [1.82, 2.24) is 0 Å². The maximum atomic E-state index is 8.97. The zero-order valence-electron chi connectivity index (χ0n) is 8.05. The zero-order chi connectivity index (χ0) is 9.47. The molecule has 0 bridgehead atoms. The van der Waals surface area contributed by atoms with Crippen LogP contribution in [0.2, 0.25) is 0 Å². The van der Waals surface area contributed by atoms with Crippen molar-refractivity contribution in [3.63, 3.8) is 0 Å². The minimum atomic E-state index is 0.221. The molecule has 2 rings (SSSR count). The summed E-state index contributed by atoms with van der Waals surface area (Å²) in [6, 6.07) is 2.30. The van der Waals surface area contributed by atoms with Crippen LogP contribution in [0.25, 0.3) is 0 Å². The van der Waals surface area contributed by atoms with Crippen LogP contribution in [0, 0.1) is 11.3 Å². The molecule has 1 aliphatic carbocycles. The maximum Gasteiger partial charge on any atom is 0.100 e. The topological polar surface area (TPSA) is 23.8 Å². The fraction of sp³-hybridized carbons (Fsp3) is 0.545. The lowest BCUT2D eigenvalue weighted by molar-refractivity contribution is 0.435. The number of hydrogen-bond donors (Lipinski definition) is 0. The Hall–Kier alpha value is -0.810. The van der Waals surface area contributed by atoms with Gasteiger partial charge in [0.2, 0.25) is 0 Å². The molecule has 0 atom stereocenters. The third kappa shape index (κ3) is 1.28. The highest BCUT2D eigenvalue weighted by molar-refractivity contribution is 7.10. The molecular weight excluding hydrogens is 178 g/mol. The van der Waals surface area contributed by atoms with E-state index in [1.54, 1.807) is 11.3 Å². The van der Waals surface area contributed by atoms with Crippen LogP contribution >= 0.6 is 11.3 Å². The fourth-order valence-electron chi connectivity index (χ4n) is 2.22. The highest BCUT2D eigenvalue weighted by Crippen LogP contribution is 2.41. The smallest absolute Gasteiger partial charge is 0.100 e. The van der Waals surface area contributed by atoms with Gasteiger partial charge in [-0.2, -0.15) is 5.26 Å². The predicted octanol–water partition coefficient (Wildman–Crippen LogP) is 3.23. The molecule has 68 valence electrons. The molecule has 1 aliphatic rings. The number of nitrogens with zero attached hydrogens (tertiary/aromatic N) is 1. The van der Waals surface area contributed by atoms with Gasteiger partial charge in [0.05, 0.1) is 5.56 Å². The molecule has 2 heteroatoms. The van der Waals surface area contributed by atoms with E-state index in [0.717, 1.165) is 5.56 Å². The van der Waals surface area contributed by atoms with Gasteiger partial charge in [-0.15, -0.1) is 11.3 Å². The molecule has 0 saturated carbocycles. The summed E-state index contributed by atoms with van der Waals surface area (Å²) in [4.78, 5) is 1.44. The van der Waals surface area contributed by atoms with E-state index >= 15 is 0 Å². The molecule has 0 fully saturated rings. The van der Waals surface area contributed by atoms with Crippen molar-refractivity contribution in [2.24, 2.45) is 0 Å². The van der Waals surface area contributed by atoms with Crippen LogP contribution in [-0.2, 0) is 11.8 Å². The van der Waals surface area contributed by atoms with Gasteiger partial charge >= 0.3 is 0 Å². The van der Waals surface area contributed by atoms with Crippen molar-refractivity contribution in [2.45, 2.75) is 38.5 Å². The molecule has 0 saturated heterocycles. The van der Waals surface area contributed by atoms with Crippen LogP contribution in [0.1, 0.15) is 42.7 Å². The molecule has 0 N–H and O–H groups in total. The summed E-state index contributed by atoms with van der Waals surface area (Å²) in [6.07, 6.45) is 3.65. The van der Waals surface area contributed by atoms with E-state index < -0.39 is 0 Å². The molecule has 0 aromatic carbocycles. The van der Waals surface area contributed by atoms with E-state index in [2.05, 4.69) is 19.9 Å². The number of rotatable bonds is 0. The van der Waals surface area contributed by atoms with Crippen molar-refractivity contribution in [2.75, 3.05) is 0 Å². The largest absolute Gasteiger partial charge is 0.192 e. The van der Waals surface area contributed by atoms with Crippen LogP contribution < -0.4 is 0 Å². The van der Waals surface area contributed by atoms with Crippen LogP contribution in [0.15, 0.2) is 5.38 Å². The highest BCUT2D eigenvalue weighted by atomic mass is 32.1. The van der Waals surface area contributed by atoms with Crippen molar-refractivity contribution in [3.05, 3.63) is 21.4 Å². The summed E-state index contributed by atoms with van der Waals surface area (Å²) in [5, 5.41) is 11.0. The summed E-state index contributed by atoms with van der Waals surface area (Å²) in [7, 11) is 0. The second kappa shape index (κ2) is 2.85. The predicted molar refractivity (Wildman–Crippen MR) is 55.0 cm³/mol. The van der Waals surface area contributed by atoms with E-state index in [1.165, 1.54) is 29.7 Å². The molecule has 13 heavy (non-hydrogen) atoms. The van der Waals surface area contributed by atoms with Crippen molar-refractivity contribution < 1.29 is 0 Å². The second-order valence-corrected chi connectivity index (χ2v) is 5.26. The Bertz CT molecular complexity index is 368. The van der Waals surface area contributed by atoms with Gasteiger partial charge in [-0.1, -0.05) is 13.8 Å². The van der Waals surface area contributed by atoms with Gasteiger partial charge in [-0.3, -0.25) is 0 Å². The molecule has 1 heterocycles. The first-order chi connectivity index (χ1) is 6.15. The Balaban J connectivity index is 2.60. The molecule has 0 unspecified atom stereocenters. The highest BCUT2D eigenvalue weighted by Gasteiger charge is 2.31. The van der Waals surface area contributed by atoms with Crippen LogP contribution in [0.5, 0.6) is 0 Å². The number of aryl methyl sites for hydroxylation is 1. The first-order valence-electron chi connectivity index (χ1n) is 4.66. The number of hydrogen-bond acceptors (Lipinski definition) is 2. The molecule has 0 amide bonds. The maximum absolute atomic E-state index is 8.97. The van der Waals surface area contributed by atoms with Gasteiger partial charge in [0, 0.05) is 10.3 Å². The third-order valence-corrected chi connectivity index (χ3v) is 3.92. The lowest BCUT2D eigenvalue weighted by Crippen LogP contribution is -2.23. The Morgan fingerprint density at radius 2 is 2.31 bits per heavy atom. The number of nitriles is 1. The quantitative estimate of drug-likeness (QED) is 0.617. The normalized spacial score (nSPS) is 19.2. The summed E-state index contributed by atoms with van der Waals surface area (Å²) in [5.74, 6) is 0. The minimum absolute atomic E-state index is 0.221. The lowest BCUT2D eigenvalue weighted by atomic mass is 9.74. The van der Waals surface area contributed by atoms with Gasteiger partial charge < -0.3 is 0 Å². The van der Waals surface area contributed by atoms with E-state index in [4.69, 9.17) is 5.26 Å². The Labute approximate surface area is 83.0 Å². The fourth-order valence-corrected chi connectivity index (χ4v) is 3.42. The van der Waals surface area contributed by atoms with Crippen LogP contribution in [0.3, 0.4) is 0 Å². The molecule has 1 aromatic heterocycles. The molecule has 0 aliphatic heterocycles. The first-order valence-corrected chi connectivity index (χ1v) is 5.54. The van der Waals surface area contributed by atoms with Gasteiger partial charge in [0.1, 0.15) is 6.07 Å². The summed E-state index contributed by atoms with van der Waals surface area (Å²) >= 11 is 1.76. The van der Waals surface area contributed by atoms with Crippen molar-refractivity contribution in [1.29, 1.82) is 5.26 Å². The van der Waals surface area contributed by atoms with E-state index in [0.29, 0.717) is 0 Å². The standard InChI is InChI=1S/C11H13NS/c1-11(2)5-3-4-9-10(11)8(6-12)7-13-9/h7H,3-5H2,1-2H3. The Kier molecular flexibility index (Phi) is 1.92. The number of thiophene rings is 1. The SMILES string of the molecule is CC1(C)CCCc2scc(C#N)c21. The monoisotopic (exact) mass is 191 g/mol. The molecular formula is C11H13NS. The second-order valence-electron chi connectivity index (χ2n) is 4.30. The zero-order valence-corrected chi connectivity index (χ0v) is 8.87. The molecule has 0 radical (unpaired) electrons. The van der Waals surface area contributed by atoms with Gasteiger partial charge in [-0.05, 0) is 30.2 Å². The average molecular weight is 191 g/mol. The van der Waals surface area contributed by atoms with Gasteiger partial charge in [0.25, 0.3) is 0 Å². The minimum Gasteiger partial charge on any atom is -0.192 e. The van der Waals surface area contributed by atoms with E-state index in [1.807, 2.05) is 5.38 Å². The first kappa shape index (κ1) is 8.77. The van der Waals surface area contributed by atoms with E-state index in [9.17, 15) is 0 Å². The lowest BCUT2D eigenvalue weighted by Gasteiger charge is -2.30. The van der Waals surface area contributed by atoms with Crippen molar-refractivity contribution in [3.8, 4) is 6.07 Å². The van der Waals surface area contributed by atoms with Crippen molar-refractivity contribution >= 4 is 11.3 Å². The van der Waals surface area contributed by atoms with E-state index in [-0.39, 0.29) is 5.41 Å². The summed E-state index contributed by atoms with van der Waals surface area (Å²) in [6.45, 7) is 4.50. The van der Waals surface area contributed by atoms with Crippen LogP contribution in [-0.4, -0.2) is 0 Å². The summed E-state index contributed by atoms with van der Waals surface area (Å²) < 4.78 is 0. The molecule has 1 nitrogen and oxygen atoms in total. The molecule has 1 aromatic rings. The van der Waals surface area contributed by atoms with Gasteiger partial charge in [-0.25, -0.2) is 0 Å². The molecule has 0 spiro atoms. The summed E-state index contributed by atoms with van der Waals surface area (Å²) in [5.41, 5.74) is 2.45. The number of fused-ring (bicyclic) bond motifs is 1.